The summed E-state index contributed by atoms with van der Waals surface area (Å²) < 4.78 is 44.5. The molecule has 7 atom stereocenters. The highest BCUT2D eigenvalue weighted by molar-refractivity contribution is 5.86. The van der Waals surface area contributed by atoms with Crippen molar-refractivity contribution in [3.63, 3.8) is 0 Å². The van der Waals surface area contributed by atoms with Crippen molar-refractivity contribution in [1.82, 2.24) is 25.3 Å². The summed E-state index contributed by atoms with van der Waals surface area (Å²) in [6.45, 7) is 1.47. The Hall–Kier alpha value is -3.89. The van der Waals surface area contributed by atoms with E-state index < -0.39 is 54.0 Å². The van der Waals surface area contributed by atoms with Crippen LogP contribution in [0.4, 0.5) is 8.78 Å². The summed E-state index contributed by atoms with van der Waals surface area (Å²) in [7, 11) is 0. The zero-order valence-electron chi connectivity index (χ0n) is 25.5. The van der Waals surface area contributed by atoms with E-state index in [-0.39, 0.29) is 63.8 Å². The molecule has 47 heavy (non-hydrogen) atoms. The molecular formula is C32H37F2N5O8. The fourth-order valence-corrected chi connectivity index (χ4v) is 7.21. The van der Waals surface area contributed by atoms with Crippen LogP contribution in [0.15, 0.2) is 36.4 Å². The third-order valence-corrected chi connectivity index (χ3v) is 9.68. The third-order valence-electron chi connectivity index (χ3n) is 9.68. The first-order chi connectivity index (χ1) is 22.6. The second kappa shape index (κ2) is 13.0. The number of aliphatic hydroxyl groups excluding tert-OH is 2. The number of ether oxygens (including phenoxy) is 3. The van der Waals surface area contributed by atoms with Gasteiger partial charge in [0.2, 0.25) is 24.5 Å². The van der Waals surface area contributed by atoms with Gasteiger partial charge in [-0.2, -0.15) is 0 Å². The lowest BCUT2D eigenvalue weighted by molar-refractivity contribution is -0.142. The predicted octanol–water partition coefficient (Wildman–Crippen LogP) is -0.525. The number of carbonyl (C=O) groups is 3. The molecule has 15 heteroatoms. The van der Waals surface area contributed by atoms with Gasteiger partial charge in [0, 0.05) is 51.9 Å². The number of halogens is 2. The van der Waals surface area contributed by atoms with Crippen molar-refractivity contribution in [2.24, 2.45) is 0 Å². The van der Waals surface area contributed by atoms with Crippen LogP contribution < -0.4 is 20.1 Å². The first kappa shape index (κ1) is 31.7. The fraction of sp³-hybridized carbons (Fsp3) is 0.531. The molecule has 5 aliphatic rings. The molecule has 4 saturated heterocycles. The minimum atomic E-state index is -1.34. The molecule has 7 rings (SSSR count). The Morgan fingerprint density at radius 1 is 0.830 bits per heavy atom. The molecule has 0 aromatic heterocycles. The molecule has 252 valence electrons. The minimum Gasteiger partial charge on any atom is -0.454 e. The highest BCUT2D eigenvalue weighted by Crippen LogP contribution is 2.34. The van der Waals surface area contributed by atoms with E-state index in [0.717, 1.165) is 17.7 Å². The maximum absolute atomic E-state index is 14.2. The second-order valence-corrected chi connectivity index (χ2v) is 12.8. The van der Waals surface area contributed by atoms with Crippen molar-refractivity contribution in [1.29, 1.82) is 0 Å². The van der Waals surface area contributed by atoms with Crippen LogP contribution in [0.3, 0.4) is 0 Å². The van der Waals surface area contributed by atoms with E-state index in [1.165, 1.54) is 6.07 Å². The van der Waals surface area contributed by atoms with E-state index >= 15 is 0 Å². The number of aliphatic hydroxyl groups is 2. The Bertz CT molecular complexity index is 1550. The Labute approximate surface area is 269 Å². The maximum atomic E-state index is 14.2. The van der Waals surface area contributed by atoms with Crippen molar-refractivity contribution in [3.05, 3.63) is 59.2 Å². The molecule has 4 fully saturated rings. The van der Waals surface area contributed by atoms with Crippen LogP contribution in [0.2, 0.25) is 0 Å². The first-order valence-corrected chi connectivity index (χ1v) is 15.8. The van der Waals surface area contributed by atoms with Crippen LogP contribution in [-0.4, -0.2) is 125 Å². The molecule has 13 nitrogen and oxygen atoms in total. The smallest absolute Gasteiger partial charge is 0.240 e. The Morgan fingerprint density at radius 2 is 1.57 bits per heavy atom. The average molecular weight is 658 g/mol. The number of nitrogens with zero attached hydrogens (tertiary/aromatic N) is 3. The molecule has 2 aromatic carbocycles. The number of benzene rings is 2. The third kappa shape index (κ3) is 6.50. The van der Waals surface area contributed by atoms with Gasteiger partial charge in [0.15, 0.2) is 23.1 Å². The van der Waals surface area contributed by atoms with Gasteiger partial charge in [-0.3, -0.25) is 24.2 Å². The van der Waals surface area contributed by atoms with Gasteiger partial charge in [-0.1, -0.05) is 12.1 Å². The van der Waals surface area contributed by atoms with E-state index in [9.17, 15) is 33.4 Å². The summed E-state index contributed by atoms with van der Waals surface area (Å²) in [5.74, 6) is -1.74. The first-order valence-electron chi connectivity index (χ1n) is 15.8. The maximum Gasteiger partial charge on any atom is 0.240 e. The van der Waals surface area contributed by atoms with Crippen LogP contribution in [0.5, 0.6) is 11.5 Å². The molecule has 4 N–H and O–H groups in total. The molecule has 5 aliphatic heterocycles. The number of hydrogen-bond acceptors (Lipinski definition) is 10. The molecule has 2 aromatic rings. The SMILES string of the molecule is O=C1C[C@@H]2O[C@H](CNC(=O)[C@@H]3CN(CCN3Cc3ccc(F)c(F)c3)C(=O)[C@@H]3C[C@@H](CN3Cc3ccc4c(c3)OCO4)N1)[C@@H](O)[C@H]2O. The molecule has 0 aliphatic carbocycles. The van der Waals surface area contributed by atoms with Gasteiger partial charge < -0.3 is 40.0 Å². The molecule has 0 radical (unpaired) electrons. The molecule has 5 heterocycles. The Morgan fingerprint density at radius 3 is 2.40 bits per heavy atom. The van der Waals surface area contributed by atoms with Crippen molar-refractivity contribution in [3.8, 4) is 11.5 Å². The zero-order chi connectivity index (χ0) is 32.8. The monoisotopic (exact) mass is 657 g/mol. The van der Waals surface area contributed by atoms with Crippen molar-refractivity contribution in [2.45, 2.75) is 68.5 Å². The lowest BCUT2D eigenvalue weighted by Gasteiger charge is -2.42. The van der Waals surface area contributed by atoms with Crippen molar-refractivity contribution in [2.75, 3.05) is 39.5 Å². The predicted molar refractivity (Wildman–Crippen MR) is 159 cm³/mol. The number of hydrogen-bond donors (Lipinski definition) is 4. The standard InChI is InChI=1S/C32H37F2N5O8/c33-20-3-1-17(7-21(20)34)12-37-5-6-38-15-23(37)31(43)35-11-27-30(42)29(41)26(47-27)10-28(40)36-19-9-22(32(38)44)39(14-19)13-18-2-4-24-25(8-18)46-16-45-24/h1-4,7-8,19,22-23,26-27,29-30,41-42H,5-6,9-16H2,(H,35,43)(H,36,40)/t19-,22-,23-,26-,27+,29-,30+/m0/s1. The number of carbonyl (C=O) groups excluding carboxylic acids is 3. The number of amides is 3. The highest BCUT2D eigenvalue weighted by Gasteiger charge is 2.46. The van der Waals surface area contributed by atoms with E-state index in [2.05, 4.69) is 10.6 Å². The zero-order valence-corrected chi connectivity index (χ0v) is 25.5. The topological polar surface area (TPSA) is 153 Å². The quantitative estimate of drug-likeness (QED) is 0.338. The minimum absolute atomic E-state index is 0.0268. The molecule has 0 spiro atoms. The molecule has 0 unspecified atom stereocenters. The van der Waals surface area contributed by atoms with E-state index in [1.54, 1.807) is 9.80 Å². The van der Waals surface area contributed by atoms with Gasteiger partial charge in [0.25, 0.3) is 0 Å². The molecule has 6 bridgehead atoms. The largest absolute Gasteiger partial charge is 0.454 e. The number of likely N-dealkylation sites (tertiary alicyclic amines) is 1. The van der Waals surface area contributed by atoms with Gasteiger partial charge in [-0.05, 0) is 41.8 Å². The van der Waals surface area contributed by atoms with Crippen LogP contribution in [-0.2, 0) is 32.2 Å². The number of rotatable bonds is 4. The number of piperazine rings is 1. The van der Waals surface area contributed by atoms with E-state index in [4.69, 9.17) is 14.2 Å². The van der Waals surface area contributed by atoms with Crippen LogP contribution in [0.1, 0.15) is 24.0 Å². The molecule has 0 saturated carbocycles. The lowest BCUT2D eigenvalue weighted by atomic mass is 10.0. The van der Waals surface area contributed by atoms with Gasteiger partial charge in [-0.25, -0.2) is 8.78 Å². The van der Waals surface area contributed by atoms with Gasteiger partial charge in [0.1, 0.15) is 24.4 Å². The lowest BCUT2D eigenvalue weighted by Crippen LogP contribution is -2.62. The summed E-state index contributed by atoms with van der Waals surface area (Å²) in [6, 6.07) is 7.31. The second-order valence-electron chi connectivity index (χ2n) is 12.8. The van der Waals surface area contributed by atoms with Gasteiger partial charge in [0.05, 0.1) is 18.6 Å². The van der Waals surface area contributed by atoms with Gasteiger partial charge >= 0.3 is 0 Å². The van der Waals surface area contributed by atoms with Crippen molar-refractivity contribution < 1.29 is 47.6 Å². The Balaban J connectivity index is 1.16. The van der Waals surface area contributed by atoms with Crippen LogP contribution >= 0.6 is 0 Å². The van der Waals surface area contributed by atoms with E-state index in [1.807, 2.05) is 23.1 Å². The van der Waals surface area contributed by atoms with Crippen LogP contribution in [0.25, 0.3) is 0 Å². The summed E-state index contributed by atoms with van der Waals surface area (Å²) in [4.78, 5) is 46.4. The average Bonchev–Trinajstić information content (AvgIpc) is 3.75. The summed E-state index contributed by atoms with van der Waals surface area (Å²) >= 11 is 0. The number of nitrogens with one attached hydrogen (secondary N) is 2. The van der Waals surface area contributed by atoms with Crippen LogP contribution in [0, 0.1) is 11.6 Å². The summed E-state index contributed by atoms with van der Waals surface area (Å²) in [6.07, 6.45) is -4.52. The molecule has 3 amide bonds. The van der Waals surface area contributed by atoms with Crippen molar-refractivity contribution >= 4 is 17.7 Å². The normalized spacial score (nSPS) is 31.6. The fourth-order valence-electron chi connectivity index (χ4n) is 7.21. The summed E-state index contributed by atoms with van der Waals surface area (Å²) in [5, 5.41) is 27.1. The highest BCUT2D eigenvalue weighted by atomic mass is 19.2. The van der Waals surface area contributed by atoms with E-state index in [0.29, 0.717) is 36.6 Å². The molecular weight excluding hydrogens is 620 g/mol. The number of fused-ring (bicyclic) bond motifs is 7. The van der Waals surface area contributed by atoms with Gasteiger partial charge in [-0.15, -0.1) is 0 Å². The Kier molecular flexibility index (Phi) is 8.74. The summed E-state index contributed by atoms with van der Waals surface area (Å²) in [5.41, 5.74) is 1.36.